The first-order chi connectivity index (χ1) is 22.0. The molecule has 45 heavy (non-hydrogen) atoms. The van der Waals surface area contributed by atoms with E-state index in [9.17, 15) is 0 Å². The average molecular weight is 578 g/mol. The van der Waals surface area contributed by atoms with Crippen molar-refractivity contribution in [2.45, 2.75) is 19.3 Å². The first kappa shape index (κ1) is 26.9. The van der Waals surface area contributed by atoms with Crippen molar-refractivity contribution in [1.29, 1.82) is 0 Å². The summed E-state index contributed by atoms with van der Waals surface area (Å²) in [7, 11) is 0. The van der Waals surface area contributed by atoms with Gasteiger partial charge in [-0.2, -0.15) is 0 Å². The maximum Gasteiger partial charge on any atom is 0.164 e. The van der Waals surface area contributed by atoms with Crippen LogP contribution in [0.25, 0.3) is 67.5 Å². The van der Waals surface area contributed by atoms with Gasteiger partial charge in [-0.1, -0.05) is 159 Å². The smallest absolute Gasteiger partial charge is 0.164 e. The second-order valence-electron chi connectivity index (χ2n) is 12.1. The van der Waals surface area contributed by atoms with Gasteiger partial charge < -0.3 is 0 Å². The molecular weight excluding hydrogens is 546 g/mol. The van der Waals surface area contributed by atoms with E-state index in [0.717, 1.165) is 22.3 Å². The normalized spacial score (nSPS) is 12.8. The minimum absolute atomic E-state index is 0.102. The van der Waals surface area contributed by atoms with Crippen LogP contribution in [0.5, 0.6) is 0 Å². The van der Waals surface area contributed by atoms with Gasteiger partial charge in [-0.05, 0) is 50.6 Å². The van der Waals surface area contributed by atoms with Crippen LogP contribution in [0.4, 0.5) is 0 Å². The van der Waals surface area contributed by atoms with Gasteiger partial charge in [0.05, 0.1) is 0 Å². The Morgan fingerprint density at radius 1 is 0.333 bits per heavy atom. The van der Waals surface area contributed by atoms with Crippen LogP contribution in [0.1, 0.15) is 25.0 Å². The molecular formula is C42H31N3. The molecule has 0 saturated heterocycles. The van der Waals surface area contributed by atoms with Gasteiger partial charge in [0.15, 0.2) is 17.5 Å². The van der Waals surface area contributed by atoms with Crippen LogP contribution in [-0.2, 0) is 5.41 Å². The molecule has 3 nitrogen and oxygen atoms in total. The van der Waals surface area contributed by atoms with Crippen LogP contribution in [0, 0.1) is 0 Å². The number of hydrogen-bond acceptors (Lipinski definition) is 3. The summed E-state index contributed by atoms with van der Waals surface area (Å²) in [5.41, 5.74) is 12.8. The maximum absolute atomic E-state index is 5.05. The Kier molecular flexibility index (Phi) is 6.46. The summed E-state index contributed by atoms with van der Waals surface area (Å²) in [5.74, 6) is 2.00. The number of nitrogens with zero attached hydrogens (tertiary/aromatic N) is 3. The quantitative estimate of drug-likeness (QED) is 0.204. The van der Waals surface area contributed by atoms with Gasteiger partial charge in [-0.15, -0.1) is 0 Å². The minimum Gasteiger partial charge on any atom is -0.208 e. The third-order valence-electron chi connectivity index (χ3n) is 8.98. The molecule has 0 atom stereocenters. The molecule has 6 aromatic carbocycles. The molecule has 1 aliphatic carbocycles. The lowest BCUT2D eigenvalue weighted by atomic mass is 9.82. The lowest BCUT2D eigenvalue weighted by molar-refractivity contribution is 0.660. The number of aromatic nitrogens is 3. The van der Waals surface area contributed by atoms with Crippen LogP contribution in [0.2, 0.25) is 0 Å². The van der Waals surface area contributed by atoms with Crippen molar-refractivity contribution in [3.8, 4) is 67.5 Å². The SMILES string of the molecule is CC1(C)c2ccccc2-c2ccc(-c3nc(-c4ccccc4)nc(-c4ccc(-c5ccc(-c6ccccc6)cc5)cc4)n3)cc21. The maximum atomic E-state index is 5.05. The predicted octanol–water partition coefficient (Wildman–Crippen LogP) is 10.5. The largest absolute Gasteiger partial charge is 0.208 e. The second kappa shape index (κ2) is 10.8. The van der Waals surface area contributed by atoms with Crippen LogP contribution >= 0.6 is 0 Å². The van der Waals surface area contributed by atoms with Crippen molar-refractivity contribution < 1.29 is 0 Å². The van der Waals surface area contributed by atoms with Crippen molar-refractivity contribution in [1.82, 2.24) is 15.0 Å². The van der Waals surface area contributed by atoms with Gasteiger partial charge in [0.2, 0.25) is 0 Å². The molecule has 0 aliphatic heterocycles. The number of rotatable bonds is 5. The summed E-state index contributed by atoms with van der Waals surface area (Å²) in [6, 6.07) is 53.2. The summed E-state index contributed by atoms with van der Waals surface area (Å²) in [4.78, 5) is 15.0. The first-order valence-electron chi connectivity index (χ1n) is 15.4. The molecule has 0 N–H and O–H groups in total. The van der Waals surface area contributed by atoms with E-state index in [0.29, 0.717) is 17.5 Å². The third kappa shape index (κ3) is 4.83. The molecule has 1 heterocycles. The number of hydrogen-bond donors (Lipinski definition) is 0. The summed E-state index contributed by atoms with van der Waals surface area (Å²) in [6.07, 6.45) is 0. The first-order valence-corrected chi connectivity index (χ1v) is 15.4. The monoisotopic (exact) mass is 577 g/mol. The summed E-state index contributed by atoms with van der Waals surface area (Å²) in [5, 5.41) is 0. The van der Waals surface area contributed by atoms with E-state index in [1.54, 1.807) is 0 Å². The van der Waals surface area contributed by atoms with Crippen LogP contribution in [0.15, 0.2) is 152 Å². The van der Waals surface area contributed by atoms with E-state index in [1.165, 1.54) is 38.9 Å². The van der Waals surface area contributed by atoms with Gasteiger partial charge in [-0.3, -0.25) is 0 Å². The molecule has 0 radical (unpaired) electrons. The van der Waals surface area contributed by atoms with Gasteiger partial charge in [0.25, 0.3) is 0 Å². The van der Waals surface area contributed by atoms with E-state index in [1.807, 2.05) is 36.4 Å². The minimum atomic E-state index is -0.102. The molecule has 1 aromatic heterocycles. The lowest BCUT2D eigenvalue weighted by Gasteiger charge is -2.21. The van der Waals surface area contributed by atoms with Gasteiger partial charge in [0, 0.05) is 22.1 Å². The average Bonchev–Trinajstić information content (AvgIpc) is 3.34. The van der Waals surface area contributed by atoms with Gasteiger partial charge >= 0.3 is 0 Å². The molecule has 0 saturated carbocycles. The highest BCUT2D eigenvalue weighted by molar-refractivity contribution is 5.83. The Morgan fingerprint density at radius 3 is 1.29 bits per heavy atom. The number of fused-ring (bicyclic) bond motifs is 3. The van der Waals surface area contributed by atoms with Gasteiger partial charge in [0.1, 0.15) is 0 Å². The van der Waals surface area contributed by atoms with Crippen molar-refractivity contribution in [3.05, 3.63) is 163 Å². The standard InChI is InChI=1S/C42H31N3/c1-42(2)37-16-10-9-15-35(37)36-26-25-34(27-38(36)42)41-44-39(32-13-7-4-8-14-32)43-40(45-41)33-23-21-31(22-24-33)30-19-17-29(18-20-30)28-11-5-3-6-12-28/h3-27H,1-2H3. The van der Waals surface area contributed by atoms with E-state index in [4.69, 9.17) is 15.0 Å². The Labute approximate surface area is 264 Å². The Balaban J connectivity index is 1.17. The molecule has 0 amide bonds. The molecule has 0 fully saturated rings. The van der Waals surface area contributed by atoms with Crippen LogP contribution in [0.3, 0.4) is 0 Å². The fraction of sp³-hybridized carbons (Fsp3) is 0.0714. The van der Waals surface area contributed by atoms with Crippen LogP contribution < -0.4 is 0 Å². The highest BCUT2D eigenvalue weighted by Crippen LogP contribution is 2.49. The molecule has 214 valence electrons. The second-order valence-corrected chi connectivity index (χ2v) is 12.1. The predicted molar refractivity (Wildman–Crippen MR) is 185 cm³/mol. The molecule has 8 rings (SSSR count). The number of benzene rings is 6. The highest BCUT2D eigenvalue weighted by Gasteiger charge is 2.35. The van der Waals surface area contributed by atoms with Gasteiger partial charge in [-0.25, -0.2) is 15.0 Å². The van der Waals surface area contributed by atoms with E-state index < -0.39 is 0 Å². The zero-order chi connectivity index (χ0) is 30.4. The zero-order valence-electron chi connectivity index (χ0n) is 25.3. The Bertz CT molecular complexity index is 2150. The Hall–Kier alpha value is -5.67. The molecule has 0 spiro atoms. The summed E-state index contributed by atoms with van der Waals surface area (Å²) in [6.45, 7) is 4.60. The fourth-order valence-corrected chi connectivity index (χ4v) is 6.49. The van der Waals surface area contributed by atoms with Crippen molar-refractivity contribution in [3.63, 3.8) is 0 Å². The third-order valence-corrected chi connectivity index (χ3v) is 8.98. The Morgan fingerprint density at radius 2 is 0.711 bits per heavy atom. The van der Waals surface area contributed by atoms with E-state index >= 15 is 0 Å². The topological polar surface area (TPSA) is 38.7 Å². The van der Waals surface area contributed by atoms with E-state index in [2.05, 4.69) is 129 Å². The molecule has 0 unspecified atom stereocenters. The van der Waals surface area contributed by atoms with Crippen LogP contribution in [-0.4, -0.2) is 15.0 Å². The van der Waals surface area contributed by atoms with Crippen molar-refractivity contribution >= 4 is 0 Å². The molecule has 1 aliphatic rings. The molecule has 7 aromatic rings. The lowest BCUT2D eigenvalue weighted by Crippen LogP contribution is -2.15. The fourth-order valence-electron chi connectivity index (χ4n) is 6.49. The molecule has 3 heteroatoms. The molecule has 0 bridgehead atoms. The summed E-state index contributed by atoms with van der Waals surface area (Å²) >= 11 is 0. The van der Waals surface area contributed by atoms with Crippen molar-refractivity contribution in [2.75, 3.05) is 0 Å². The highest BCUT2D eigenvalue weighted by atomic mass is 15.0. The van der Waals surface area contributed by atoms with Crippen molar-refractivity contribution in [2.24, 2.45) is 0 Å². The summed E-state index contributed by atoms with van der Waals surface area (Å²) < 4.78 is 0. The zero-order valence-corrected chi connectivity index (χ0v) is 25.3. The van der Waals surface area contributed by atoms with E-state index in [-0.39, 0.29) is 5.41 Å².